The molecule has 2 fully saturated rings. The Morgan fingerprint density at radius 3 is 2.68 bits per heavy atom. The smallest absolute Gasteiger partial charge is 0.317 e. The molecule has 1 aromatic heterocycles. The molecule has 148 valence electrons. The Morgan fingerprint density at radius 1 is 1.21 bits per heavy atom. The number of urea groups is 1. The average Bonchev–Trinajstić information content (AvgIpc) is 3.48. The number of benzene rings is 1. The van der Waals surface area contributed by atoms with Crippen LogP contribution in [0.2, 0.25) is 0 Å². The highest BCUT2D eigenvalue weighted by atomic mass is 19.1. The van der Waals surface area contributed by atoms with Crippen molar-refractivity contribution in [3.05, 3.63) is 47.9 Å². The van der Waals surface area contributed by atoms with Gasteiger partial charge in [-0.15, -0.1) is 0 Å². The van der Waals surface area contributed by atoms with Gasteiger partial charge in [-0.25, -0.2) is 14.2 Å². The summed E-state index contributed by atoms with van der Waals surface area (Å²) < 4.78 is 18.5. The molecule has 8 heteroatoms. The summed E-state index contributed by atoms with van der Waals surface area (Å²) in [7, 11) is 0. The highest BCUT2D eigenvalue weighted by molar-refractivity contribution is 5.75. The van der Waals surface area contributed by atoms with Gasteiger partial charge in [-0.05, 0) is 31.0 Å². The van der Waals surface area contributed by atoms with E-state index in [4.69, 9.17) is 4.74 Å². The number of rotatable bonds is 5. The molecule has 1 N–H and O–H groups in total. The lowest BCUT2D eigenvalue weighted by atomic mass is 10.1. The van der Waals surface area contributed by atoms with Crippen LogP contribution < -0.4 is 15.0 Å². The summed E-state index contributed by atoms with van der Waals surface area (Å²) in [6.07, 6.45) is 2.59. The van der Waals surface area contributed by atoms with Crippen LogP contribution in [0.1, 0.15) is 24.8 Å². The van der Waals surface area contributed by atoms with Crippen LogP contribution in [0, 0.1) is 5.82 Å². The van der Waals surface area contributed by atoms with E-state index in [0.717, 1.165) is 12.0 Å². The Balaban J connectivity index is 1.26. The summed E-state index contributed by atoms with van der Waals surface area (Å²) in [6.45, 7) is 5.05. The maximum atomic E-state index is 13.0. The van der Waals surface area contributed by atoms with Crippen molar-refractivity contribution in [1.82, 2.24) is 20.2 Å². The second-order valence-electron chi connectivity index (χ2n) is 7.05. The van der Waals surface area contributed by atoms with Gasteiger partial charge >= 0.3 is 6.03 Å². The summed E-state index contributed by atoms with van der Waals surface area (Å²) >= 11 is 0. The first-order valence-electron chi connectivity index (χ1n) is 9.65. The van der Waals surface area contributed by atoms with Crippen LogP contribution in [-0.2, 0) is 0 Å². The number of halogens is 1. The van der Waals surface area contributed by atoms with Crippen LogP contribution in [0.25, 0.3) is 0 Å². The number of nitrogens with zero attached hydrogens (tertiary/aromatic N) is 4. The SMILES string of the molecule is CCOc1ccnc(N2CCN(C(=O)N[C@@H]3C[C@H]3c3ccc(F)cc3)CC2)n1. The quantitative estimate of drug-likeness (QED) is 0.856. The third kappa shape index (κ3) is 4.16. The van der Waals surface area contributed by atoms with E-state index in [1.165, 1.54) is 12.1 Å². The van der Waals surface area contributed by atoms with Gasteiger partial charge in [0.15, 0.2) is 0 Å². The van der Waals surface area contributed by atoms with E-state index in [1.807, 2.05) is 11.8 Å². The van der Waals surface area contributed by atoms with Crippen LogP contribution in [0.5, 0.6) is 5.88 Å². The zero-order valence-electron chi connectivity index (χ0n) is 15.8. The zero-order chi connectivity index (χ0) is 19.5. The summed E-state index contributed by atoms with van der Waals surface area (Å²) in [6, 6.07) is 8.34. The van der Waals surface area contributed by atoms with Gasteiger partial charge < -0.3 is 19.9 Å². The van der Waals surface area contributed by atoms with Crippen molar-refractivity contribution < 1.29 is 13.9 Å². The molecule has 7 nitrogen and oxygen atoms in total. The number of hydrogen-bond acceptors (Lipinski definition) is 5. The molecule has 1 saturated heterocycles. The second kappa shape index (κ2) is 8.00. The van der Waals surface area contributed by atoms with E-state index < -0.39 is 0 Å². The van der Waals surface area contributed by atoms with Crippen LogP contribution in [0.3, 0.4) is 0 Å². The Bertz CT molecular complexity index is 824. The van der Waals surface area contributed by atoms with E-state index in [0.29, 0.717) is 44.6 Å². The van der Waals surface area contributed by atoms with Gasteiger partial charge in [-0.1, -0.05) is 12.1 Å². The normalized spacial score (nSPS) is 21.4. The molecule has 28 heavy (non-hydrogen) atoms. The number of hydrogen-bond donors (Lipinski definition) is 1. The summed E-state index contributed by atoms with van der Waals surface area (Å²) in [5.74, 6) is 1.23. The van der Waals surface area contributed by atoms with E-state index in [-0.39, 0.29) is 23.8 Å². The maximum absolute atomic E-state index is 13.0. The molecule has 4 rings (SSSR count). The van der Waals surface area contributed by atoms with Crippen LogP contribution in [-0.4, -0.2) is 59.7 Å². The van der Waals surface area contributed by atoms with Crippen molar-refractivity contribution in [1.29, 1.82) is 0 Å². The number of carbonyl (C=O) groups excluding carboxylic acids is 1. The summed E-state index contributed by atoms with van der Waals surface area (Å²) in [5.41, 5.74) is 1.07. The van der Waals surface area contributed by atoms with Gasteiger partial charge in [0.2, 0.25) is 11.8 Å². The third-order valence-corrected chi connectivity index (χ3v) is 5.16. The van der Waals surface area contributed by atoms with Crippen molar-refractivity contribution in [3.63, 3.8) is 0 Å². The predicted octanol–water partition coefficient (Wildman–Crippen LogP) is 2.40. The molecular formula is C20H24FN5O2. The number of amides is 2. The topological polar surface area (TPSA) is 70.6 Å². The molecule has 1 aliphatic heterocycles. The van der Waals surface area contributed by atoms with Crippen molar-refractivity contribution in [2.45, 2.75) is 25.3 Å². The minimum absolute atomic E-state index is 0.0433. The molecule has 0 spiro atoms. The van der Waals surface area contributed by atoms with Crippen LogP contribution in [0.15, 0.2) is 36.5 Å². The zero-order valence-corrected chi connectivity index (χ0v) is 15.8. The number of aromatic nitrogens is 2. The van der Waals surface area contributed by atoms with Gasteiger partial charge in [0.25, 0.3) is 0 Å². The minimum atomic E-state index is -0.237. The van der Waals surface area contributed by atoms with E-state index in [1.54, 1.807) is 24.4 Å². The first kappa shape index (κ1) is 18.5. The van der Waals surface area contributed by atoms with Crippen molar-refractivity contribution >= 4 is 12.0 Å². The molecule has 0 bridgehead atoms. The fourth-order valence-electron chi connectivity index (χ4n) is 3.51. The number of anilines is 1. The minimum Gasteiger partial charge on any atom is -0.478 e. The number of nitrogens with one attached hydrogen (secondary N) is 1. The highest BCUT2D eigenvalue weighted by Crippen LogP contribution is 2.40. The summed E-state index contributed by atoms with van der Waals surface area (Å²) in [4.78, 5) is 25.2. The third-order valence-electron chi connectivity index (χ3n) is 5.16. The number of ether oxygens (including phenoxy) is 1. The molecule has 2 aromatic rings. The molecule has 2 amide bonds. The predicted molar refractivity (Wildman–Crippen MR) is 103 cm³/mol. The highest BCUT2D eigenvalue weighted by Gasteiger charge is 2.40. The van der Waals surface area contributed by atoms with E-state index in [2.05, 4.69) is 20.2 Å². The molecule has 1 aliphatic carbocycles. The van der Waals surface area contributed by atoms with Crippen molar-refractivity contribution in [2.24, 2.45) is 0 Å². The van der Waals surface area contributed by atoms with Crippen molar-refractivity contribution in [3.8, 4) is 5.88 Å². The Labute approximate surface area is 163 Å². The van der Waals surface area contributed by atoms with Gasteiger partial charge in [0, 0.05) is 50.4 Å². The monoisotopic (exact) mass is 385 g/mol. The summed E-state index contributed by atoms with van der Waals surface area (Å²) in [5, 5.41) is 3.09. The molecule has 0 unspecified atom stereocenters. The average molecular weight is 385 g/mol. The number of carbonyl (C=O) groups is 1. The fourth-order valence-corrected chi connectivity index (χ4v) is 3.51. The Morgan fingerprint density at radius 2 is 1.96 bits per heavy atom. The largest absolute Gasteiger partial charge is 0.478 e. The van der Waals surface area contributed by atoms with Gasteiger partial charge in [-0.2, -0.15) is 4.98 Å². The van der Waals surface area contributed by atoms with Crippen LogP contribution in [0.4, 0.5) is 15.1 Å². The molecule has 2 atom stereocenters. The van der Waals surface area contributed by atoms with Crippen LogP contribution >= 0.6 is 0 Å². The first-order valence-corrected chi connectivity index (χ1v) is 9.65. The molecule has 2 heterocycles. The van der Waals surface area contributed by atoms with E-state index in [9.17, 15) is 9.18 Å². The molecule has 2 aliphatic rings. The molecule has 0 radical (unpaired) electrons. The second-order valence-corrected chi connectivity index (χ2v) is 7.05. The lowest BCUT2D eigenvalue weighted by Crippen LogP contribution is -2.52. The Hall–Kier alpha value is -2.90. The standard InChI is InChI=1S/C20H24FN5O2/c1-2-28-18-7-8-22-19(24-18)25-9-11-26(12-10-25)20(27)23-17-13-16(17)14-3-5-15(21)6-4-14/h3-8,16-17H,2,9-13H2,1H3,(H,23,27)/t16-,17+/m0/s1. The fraction of sp³-hybridized carbons (Fsp3) is 0.450. The van der Waals surface area contributed by atoms with Crippen molar-refractivity contribution in [2.75, 3.05) is 37.7 Å². The lowest BCUT2D eigenvalue weighted by molar-refractivity contribution is 0.193. The maximum Gasteiger partial charge on any atom is 0.317 e. The molecule has 1 saturated carbocycles. The molecular weight excluding hydrogens is 361 g/mol. The van der Waals surface area contributed by atoms with Gasteiger partial charge in [0.05, 0.1) is 6.61 Å². The first-order chi connectivity index (χ1) is 13.6. The molecule has 1 aromatic carbocycles. The van der Waals surface area contributed by atoms with Gasteiger partial charge in [0.1, 0.15) is 5.82 Å². The van der Waals surface area contributed by atoms with E-state index >= 15 is 0 Å². The lowest BCUT2D eigenvalue weighted by Gasteiger charge is -2.34. The Kier molecular flexibility index (Phi) is 5.27. The number of piperazine rings is 1. The van der Waals surface area contributed by atoms with Gasteiger partial charge in [-0.3, -0.25) is 0 Å².